The third-order valence-corrected chi connectivity index (χ3v) is 3.53. The quantitative estimate of drug-likeness (QED) is 0.495. The molecular weight excluding hydrogens is 246 g/mol. The van der Waals surface area contributed by atoms with Crippen molar-refractivity contribution < 1.29 is 9.72 Å². The van der Waals surface area contributed by atoms with E-state index >= 15 is 0 Å². The molecule has 0 bridgehead atoms. The highest BCUT2D eigenvalue weighted by Gasteiger charge is 2.33. The fourth-order valence-corrected chi connectivity index (χ4v) is 2.51. The molecule has 1 aromatic carbocycles. The van der Waals surface area contributed by atoms with Gasteiger partial charge in [0.05, 0.1) is 16.5 Å². The lowest BCUT2D eigenvalue weighted by atomic mass is 9.87. The molecule has 0 aromatic heterocycles. The standard InChI is InChI=1S/C13H17N3O3/c1-8(2)10-6-11(14-7-17)13-9(15-10)4-3-5-12(13)16(18)19/h3-5,7-8,10-11,15H,6H2,1-2H3,(H,14,17). The Hall–Kier alpha value is -2.11. The Morgan fingerprint density at radius 2 is 2.26 bits per heavy atom. The van der Waals surface area contributed by atoms with Crippen molar-refractivity contribution in [3.05, 3.63) is 33.9 Å². The summed E-state index contributed by atoms with van der Waals surface area (Å²) in [5.41, 5.74) is 1.35. The first kappa shape index (κ1) is 13.3. The number of nitro benzene ring substituents is 1. The largest absolute Gasteiger partial charge is 0.381 e. The third-order valence-electron chi connectivity index (χ3n) is 3.53. The van der Waals surface area contributed by atoms with Crippen LogP contribution in [0.1, 0.15) is 31.9 Å². The molecule has 102 valence electrons. The molecule has 0 fully saturated rings. The summed E-state index contributed by atoms with van der Waals surface area (Å²) in [5, 5.41) is 17.1. The molecule has 1 aliphatic heterocycles. The molecular formula is C13H17N3O3. The molecule has 2 N–H and O–H groups in total. The van der Waals surface area contributed by atoms with Crippen molar-refractivity contribution in [2.45, 2.75) is 32.4 Å². The summed E-state index contributed by atoms with van der Waals surface area (Å²) in [5.74, 6) is 0.378. The zero-order valence-corrected chi connectivity index (χ0v) is 10.9. The minimum atomic E-state index is -0.407. The molecule has 2 atom stereocenters. The second kappa shape index (κ2) is 5.26. The van der Waals surface area contributed by atoms with Gasteiger partial charge in [-0.25, -0.2) is 0 Å². The number of hydrogen-bond acceptors (Lipinski definition) is 4. The van der Waals surface area contributed by atoms with Crippen molar-refractivity contribution in [2.24, 2.45) is 5.92 Å². The van der Waals surface area contributed by atoms with Crippen LogP contribution in [0, 0.1) is 16.0 Å². The second-order valence-corrected chi connectivity index (χ2v) is 5.06. The van der Waals surface area contributed by atoms with Crippen LogP contribution in [-0.4, -0.2) is 17.4 Å². The normalized spacial score (nSPS) is 21.4. The number of carbonyl (C=O) groups is 1. The number of amides is 1. The van der Waals surface area contributed by atoms with Crippen molar-refractivity contribution in [3.63, 3.8) is 0 Å². The van der Waals surface area contributed by atoms with E-state index in [2.05, 4.69) is 24.5 Å². The molecule has 0 aliphatic carbocycles. The monoisotopic (exact) mass is 263 g/mol. The Kier molecular flexibility index (Phi) is 3.69. The summed E-state index contributed by atoms with van der Waals surface area (Å²) in [6.07, 6.45) is 1.25. The van der Waals surface area contributed by atoms with Crippen LogP contribution in [-0.2, 0) is 4.79 Å². The number of fused-ring (bicyclic) bond motifs is 1. The van der Waals surface area contributed by atoms with Crippen LogP contribution in [0.5, 0.6) is 0 Å². The molecule has 6 nitrogen and oxygen atoms in total. The van der Waals surface area contributed by atoms with Gasteiger partial charge in [0.25, 0.3) is 5.69 Å². The minimum absolute atomic E-state index is 0.0477. The Morgan fingerprint density at radius 3 is 2.84 bits per heavy atom. The van der Waals surface area contributed by atoms with E-state index in [1.54, 1.807) is 6.07 Å². The van der Waals surface area contributed by atoms with E-state index in [1.807, 2.05) is 6.07 Å². The highest BCUT2D eigenvalue weighted by atomic mass is 16.6. The van der Waals surface area contributed by atoms with E-state index in [-0.39, 0.29) is 17.8 Å². The number of benzene rings is 1. The van der Waals surface area contributed by atoms with E-state index < -0.39 is 4.92 Å². The van der Waals surface area contributed by atoms with Crippen LogP contribution in [0.25, 0.3) is 0 Å². The Labute approximate surface area is 111 Å². The summed E-state index contributed by atoms with van der Waals surface area (Å²) in [6.45, 7) is 4.16. The first-order chi connectivity index (χ1) is 9.04. The van der Waals surface area contributed by atoms with Crippen LogP contribution in [0.2, 0.25) is 0 Å². The van der Waals surface area contributed by atoms with E-state index in [0.717, 1.165) is 5.69 Å². The van der Waals surface area contributed by atoms with Gasteiger partial charge in [0.2, 0.25) is 6.41 Å². The van der Waals surface area contributed by atoms with Gasteiger partial charge in [-0.1, -0.05) is 19.9 Å². The SMILES string of the molecule is CC(C)C1CC(NC=O)c2c(cccc2[N+](=O)[O-])N1. The lowest BCUT2D eigenvalue weighted by Crippen LogP contribution is -2.37. The van der Waals surface area contributed by atoms with Crippen molar-refractivity contribution in [2.75, 3.05) is 5.32 Å². The summed E-state index contributed by atoms with van der Waals surface area (Å²) in [7, 11) is 0. The van der Waals surface area contributed by atoms with Crippen molar-refractivity contribution in [1.29, 1.82) is 0 Å². The Balaban J connectivity index is 2.48. The topological polar surface area (TPSA) is 84.3 Å². The fourth-order valence-electron chi connectivity index (χ4n) is 2.51. The van der Waals surface area contributed by atoms with Gasteiger partial charge in [0.15, 0.2) is 0 Å². The smallest absolute Gasteiger partial charge is 0.276 e. The van der Waals surface area contributed by atoms with E-state index in [1.165, 1.54) is 6.07 Å². The molecule has 19 heavy (non-hydrogen) atoms. The van der Waals surface area contributed by atoms with Crippen LogP contribution < -0.4 is 10.6 Å². The number of nitrogens with one attached hydrogen (secondary N) is 2. The lowest BCUT2D eigenvalue weighted by molar-refractivity contribution is -0.385. The van der Waals surface area contributed by atoms with Gasteiger partial charge >= 0.3 is 0 Å². The molecule has 0 radical (unpaired) electrons. The average Bonchev–Trinajstić information content (AvgIpc) is 2.37. The van der Waals surface area contributed by atoms with Crippen LogP contribution in [0.4, 0.5) is 11.4 Å². The molecule has 1 aromatic rings. The first-order valence-corrected chi connectivity index (χ1v) is 6.28. The fraction of sp³-hybridized carbons (Fsp3) is 0.462. The van der Waals surface area contributed by atoms with E-state index in [9.17, 15) is 14.9 Å². The zero-order valence-electron chi connectivity index (χ0n) is 10.9. The lowest BCUT2D eigenvalue weighted by Gasteiger charge is -2.34. The highest BCUT2D eigenvalue weighted by molar-refractivity contribution is 5.65. The van der Waals surface area contributed by atoms with Crippen LogP contribution in [0.3, 0.4) is 0 Å². The van der Waals surface area contributed by atoms with Gasteiger partial charge in [0.1, 0.15) is 0 Å². The number of hydrogen-bond donors (Lipinski definition) is 2. The molecule has 0 spiro atoms. The van der Waals surface area contributed by atoms with Crippen molar-refractivity contribution in [3.8, 4) is 0 Å². The minimum Gasteiger partial charge on any atom is -0.381 e. The molecule has 1 amide bonds. The second-order valence-electron chi connectivity index (χ2n) is 5.06. The third kappa shape index (κ3) is 2.52. The maximum atomic E-state index is 11.1. The van der Waals surface area contributed by atoms with Gasteiger partial charge in [-0.05, 0) is 18.4 Å². The predicted molar refractivity (Wildman–Crippen MR) is 71.9 cm³/mol. The Morgan fingerprint density at radius 1 is 1.53 bits per heavy atom. The zero-order chi connectivity index (χ0) is 14.0. The van der Waals surface area contributed by atoms with Crippen LogP contribution >= 0.6 is 0 Å². The summed E-state index contributed by atoms with van der Waals surface area (Å²) in [4.78, 5) is 21.4. The molecule has 0 saturated heterocycles. The predicted octanol–water partition coefficient (Wildman–Crippen LogP) is 2.22. The maximum absolute atomic E-state index is 11.1. The number of nitrogens with zero attached hydrogens (tertiary/aromatic N) is 1. The first-order valence-electron chi connectivity index (χ1n) is 6.28. The molecule has 6 heteroatoms. The number of rotatable bonds is 4. The van der Waals surface area contributed by atoms with Crippen molar-refractivity contribution >= 4 is 17.8 Å². The van der Waals surface area contributed by atoms with Gasteiger partial charge in [-0.3, -0.25) is 14.9 Å². The average molecular weight is 263 g/mol. The van der Waals surface area contributed by atoms with Gasteiger partial charge in [-0.15, -0.1) is 0 Å². The molecule has 1 heterocycles. The Bertz CT molecular complexity index is 502. The molecule has 2 unspecified atom stereocenters. The number of carbonyl (C=O) groups excluding carboxylic acids is 1. The van der Waals surface area contributed by atoms with Gasteiger partial charge in [0, 0.05) is 17.8 Å². The van der Waals surface area contributed by atoms with Gasteiger partial charge in [-0.2, -0.15) is 0 Å². The van der Waals surface area contributed by atoms with Crippen LogP contribution in [0.15, 0.2) is 18.2 Å². The summed E-state index contributed by atoms with van der Waals surface area (Å²) in [6, 6.07) is 4.81. The summed E-state index contributed by atoms with van der Waals surface area (Å²) >= 11 is 0. The van der Waals surface area contributed by atoms with E-state index in [0.29, 0.717) is 24.3 Å². The summed E-state index contributed by atoms with van der Waals surface area (Å²) < 4.78 is 0. The van der Waals surface area contributed by atoms with Gasteiger partial charge < -0.3 is 10.6 Å². The number of anilines is 1. The molecule has 0 saturated carbocycles. The van der Waals surface area contributed by atoms with E-state index in [4.69, 9.17) is 0 Å². The number of nitro groups is 1. The molecule has 2 rings (SSSR count). The maximum Gasteiger partial charge on any atom is 0.276 e. The van der Waals surface area contributed by atoms with Crippen molar-refractivity contribution in [1.82, 2.24) is 5.32 Å². The highest BCUT2D eigenvalue weighted by Crippen LogP contribution is 2.39. The molecule has 1 aliphatic rings.